The van der Waals surface area contributed by atoms with E-state index in [2.05, 4.69) is 5.32 Å². The first kappa shape index (κ1) is 12.1. The van der Waals surface area contributed by atoms with E-state index >= 15 is 0 Å². The summed E-state index contributed by atoms with van der Waals surface area (Å²) in [7, 11) is 0. The summed E-state index contributed by atoms with van der Waals surface area (Å²) in [6.45, 7) is 2.23. The number of aliphatic hydroxyl groups is 1. The molecule has 1 unspecified atom stereocenters. The van der Waals surface area contributed by atoms with E-state index < -0.39 is 11.6 Å². The minimum absolute atomic E-state index is 0.0812. The molecule has 0 saturated heterocycles. The minimum atomic E-state index is -0.830. The van der Waals surface area contributed by atoms with Crippen molar-refractivity contribution in [3.05, 3.63) is 35.4 Å². The Morgan fingerprint density at radius 1 is 1.40 bits per heavy atom. The Hall–Kier alpha value is -1.00. The summed E-state index contributed by atoms with van der Waals surface area (Å²) in [5.41, 5.74) is 0.305. The molecule has 84 valence electrons. The zero-order valence-electron chi connectivity index (χ0n) is 8.63. The highest BCUT2D eigenvalue weighted by atomic mass is 19.2. The first-order valence-electron chi connectivity index (χ1n) is 4.92. The molecule has 1 rings (SSSR count). The fourth-order valence-electron chi connectivity index (χ4n) is 1.26. The predicted molar refractivity (Wildman–Crippen MR) is 54.4 cm³/mol. The van der Waals surface area contributed by atoms with Crippen molar-refractivity contribution in [1.82, 2.24) is 5.32 Å². The number of hydrogen-bond acceptors (Lipinski definition) is 2. The van der Waals surface area contributed by atoms with Crippen LogP contribution in [0.2, 0.25) is 0 Å². The summed E-state index contributed by atoms with van der Waals surface area (Å²) >= 11 is 0. The maximum atomic E-state index is 13.2. The average Bonchev–Trinajstić information content (AvgIpc) is 2.21. The molecule has 0 heterocycles. The zero-order valence-corrected chi connectivity index (χ0v) is 8.63. The normalized spacial score (nSPS) is 12.8. The summed E-state index contributed by atoms with van der Waals surface area (Å²) in [5.74, 6) is -1.63. The van der Waals surface area contributed by atoms with Crippen molar-refractivity contribution in [2.75, 3.05) is 6.61 Å². The van der Waals surface area contributed by atoms with E-state index in [1.54, 1.807) is 0 Å². The molecule has 0 amide bonds. The van der Waals surface area contributed by atoms with Crippen molar-refractivity contribution in [2.24, 2.45) is 0 Å². The topological polar surface area (TPSA) is 32.3 Å². The van der Waals surface area contributed by atoms with Gasteiger partial charge in [0.25, 0.3) is 0 Å². The van der Waals surface area contributed by atoms with Crippen LogP contribution in [-0.4, -0.2) is 17.8 Å². The van der Waals surface area contributed by atoms with Crippen LogP contribution < -0.4 is 5.32 Å². The maximum Gasteiger partial charge on any atom is 0.163 e. The van der Waals surface area contributed by atoms with Gasteiger partial charge in [0, 0.05) is 24.8 Å². The highest BCUT2D eigenvalue weighted by molar-refractivity contribution is 5.18. The molecule has 0 aromatic heterocycles. The highest BCUT2D eigenvalue weighted by Gasteiger charge is 2.08. The fraction of sp³-hybridized carbons (Fsp3) is 0.455. The van der Waals surface area contributed by atoms with Gasteiger partial charge in [0.05, 0.1) is 0 Å². The Morgan fingerprint density at radius 2 is 2.13 bits per heavy atom. The van der Waals surface area contributed by atoms with Gasteiger partial charge in [-0.3, -0.25) is 0 Å². The summed E-state index contributed by atoms with van der Waals surface area (Å²) in [5, 5.41) is 11.7. The van der Waals surface area contributed by atoms with Gasteiger partial charge in [0.15, 0.2) is 11.6 Å². The van der Waals surface area contributed by atoms with Crippen LogP contribution in [-0.2, 0) is 6.54 Å². The van der Waals surface area contributed by atoms with Crippen LogP contribution in [0.3, 0.4) is 0 Å². The van der Waals surface area contributed by atoms with E-state index in [0.29, 0.717) is 12.0 Å². The van der Waals surface area contributed by atoms with Gasteiger partial charge in [-0.25, -0.2) is 8.78 Å². The van der Waals surface area contributed by atoms with Crippen molar-refractivity contribution >= 4 is 0 Å². The van der Waals surface area contributed by atoms with Gasteiger partial charge in [-0.15, -0.1) is 0 Å². The van der Waals surface area contributed by atoms with E-state index in [1.807, 2.05) is 6.92 Å². The van der Waals surface area contributed by atoms with E-state index in [4.69, 9.17) is 5.11 Å². The Morgan fingerprint density at radius 3 is 2.80 bits per heavy atom. The summed E-state index contributed by atoms with van der Waals surface area (Å²) in [4.78, 5) is 0. The van der Waals surface area contributed by atoms with Gasteiger partial charge in [-0.05, 0) is 19.4 Å². The van der Waals surface area contributed by atoms with Crippen LogP contribution in [0.5, 0.6) is 0 Å². The first-order valence-corrected chi connectivity index (χ1v) is 4.92. The standard InChI is InChI=1S/C11H15F2NO/c1-8(5-6-15)14-7-9-3-2-4-10(12)11(9)13/h2-4,8,14-15H,5-7H2,1H3. The maximum absolute atomic E-state index is 13.2. The molecule has 4 heteroatoms. The van der Waals surface area contributed by atoms with Crippen molar-refractivity contribution in [3.8, 4) is 0 Å². The van der Waals surface area contributed by atoms with Crippen molar-refractivity contribution in [1.29, 1.82) is 0 Å². The van der Waals surface area contributed by atoms with Gasteiger partial charge in [-0.2, -0.15) is 0 Å². The molecule has 1 aromatic carbocycles. The molecule has 2 nitrogen and oxygen atoms in total. The van der Waals surface area contributed by atoms with E-state index in [0.717, 1.165) is 6.07 Å². The van der Waals surface area contributed by atoms with Gasteiger partial charge in [0.2, 0.25) is 0 Å². The van der Waals surface area contributed by atoms with E-state index in [9.17, 15) is 8.78 Å². The van der Waals surface area contributed by atoms with Crippen LogP contribution in [0.25, 0.3) is 0 Å². The van der Waals surface area contributed by atoms with Gasteiger partial charge in [0.1, 0.15) is 0 Å². The molecule has 1 aromatic rings. The van der Waals surface area contributed by atoms with Crippen molar-refractivity contribution in [2.45, 2.75) is 25.9 Å². The molecule has 0 bridgehead atoms. The lowest BCUT2D eigenvalue weighted by Gasteiger charge is -2.12. The number of benzene rings is 1. The lowest BCUT2D eigenvalue weighted by molar-refractivity contribution is 0.268. The Labute approximate surface area is 87.9 Å². The summed E-state index contributed by atoms with van der Waals surface area (Å²) in [6.07, 6.45) is 0.594. The zero-order chi connectivity index (χ0) is 11.3. The smallest absolute Gasteiger partial charge is 0.163 e. The van der Waals surface area contributed by atoms with Crippen LogP contribution in [0.4, 0.5) is 8.78 Å². The lowest BCUT2D eigenvalue weighted by Crippen LogP contribution is -2.26. The second-order valence-corrected chi connectivity index (χ2v) is 3.51. The molecule has 0 radical (unpaired) electrons. The van der Waals surface area contributed by atoms with Crippen LogP contribution in [0.15, 0.2) is 18.2 Å². The Kier molecular flexibility index (Phi) is 4.65. The second-order valence-electron chi connectivity index (χ2n) is 3.51. The van der Waals surface area contributed by atoms with Gasteiger partial charge < -0.3 is 10.4 Å². The number of rotatable bonds is 5. The van der Waals surface area contributed by atoms with Crippen LogP contribution in [0.1, 0.15) is 18.9 Å². The van der Waals surface area contributed by atoms with E-state index in [-0.39, 0.29) is 19.2 Å². The highest BCUT2D eigenvalue weighted by Crippen LogP contribution is 2.11. The molecule has 0 saturated carbocycles. The van der Waals surface area contributed by atoms with Crippen LogP contribution >= 0.6 is 0 Å². The molecule has 1 atom stereocenters. The van der Waals surface area contributed by atoms with Crippen molar-refractivity contribution < 1.29 is 13.9 Å². The quantitative estimate of drug-likeness (QED) is 0.785. The third-order valence-electron chi connectivity index (χ3n) is 2.23. The third-order valence-corrected chi connectivity index (χ3v) is 2.23. The average molecular weight is 215 g/mol. The SMILES string of the molecule is CC(CCO)NCc1cccc(F)c1F. The number of aliphatic hydroxyl groups excluding tert-OH is 1. The molecule has 0 spiro atoms. The van der Waals surface area contributed by atoms with Crippen molar-refractivity contribution in [3.63, 3.8) is 0 Å². The Bertz CT molecular complexity index is 317. The van der Waals surface area contributed by atoms with E-state index in [1.165, 1.54) is 12.1 Å². The molecular formula is C11H15F2NO. The van der Waals surface area contributed by atoms with Gasteiger partial charge >= 0.3 is 0 Å². The largest absolute Gasteiger partial charge is 0.396 e. The van der Waals surface area contributed by atoms with Gasteiger partial charge in [-0.1, -0.05) is 12.1 Å². The minimum Gasteiger partial charge on any atom is -0.396 e. The number of nitrogens with one attached hydrogen (secondary N) is 1. The molecule has 0 fully saturated rings. The molecule has 15 heavy (non-hydrogen) atoms. The predicted octanol–water partition coefficient (Wildman–Crippen LogP) is 1.83. The molecule has 2 N–H and O–H groups in total. The number of halogens is 2. The fourth-order valence-corrected chi connectivity index (χ4v) is 1.26. The first-order chi connectivity index (χ1) is 7.15. The monoisotopic (exact) mass is 215 g/mol. The van der Waals surface area contributed by atoms with Crippen LogP contribution in [0, 0.1) is 11.6 Å². The molecular weight excluding hydrogens is 200 g/mol. The molecule has 0 aliphatic rings. The number of hydrogen-bond donors (Lipinski definition) is 2. The third kappa shape index (κ3) is 3.57. The molecule has 0 aliphatic heterocycles. The molecule has 0 aliphatic carbocycles. The summed E-state index contributed by atoms with van der Waals surface area (Å²) in [6, 6.07) is 4.19. The summed E-state index contributed by atoms with van der Waals surface area (Å²) < 4.78 is 26.0. The second kappa shape index (κ2) is 5.78. The Balaban J connectivity index is 2.54. The lowest BCUT2D eigenvalue weighted by atomic mass is 10.2.